The van der Waals surface area contributed by atoms with Crippen molar-refractivity contribution < 1.29 is 23.5 Å². The van der Waals surface area contributed by atoms with Crippen LogP contribution in [0.2, 0.25) is 0 Å². The average Bonchev–Trinajstić information content (AvgIpc) is 3.68. The molecule has 1 atom stereocenters. The summed E-state index contributed by atoms with van der Waals surface area (Å²) in [6.07, 6.45) is 0.715. The minimum Gasteiger partial charge on any atom is -0.497 e. The van der Waals surface area contributed by atoms with Gasteiger partial charge in [0.2, 0.25) is 0 Å². The number of benzene rings is 1. The number of aryl methyl sites for hydroxylation is 1. The number of carbonyl (C=O) groups is 3. The van der Waals surface area contributed by atoms with Crippen molar-refractivity contribution in [2.45, 2.75) is 46.2 Å². The number of methoxy groups -OCH3 is 1. The molecule has 3 aromatic rings. The van der Waals surface area contributed by atoms with Crippen LogP contribution in [0.15, 0.2) is 51.2 Å². The van der Waals surface area contributed by atoms with Gasteiger partial charge < -0.3 is 19.4 Å². The first-order chi connectivity index (χ1) is 17.8. The number of fused-ring (bicyclic) bond motifs is 1. The van der Waals surface area contributed by atoms with Gasteiger partial charge in [0.15, 0.2) is 5.54 Å². The Morgan fingerprint density at radius 3 is 2.62 bits per heavy atom. The average molecular weight is 523 g/mol. The first-order valence-electron chi connectivity index (χ1n) is 12.2. The van der Waals surface area contributed by atoms with Crippen molar-refractivity contribution >= 4 is 40.6 Å². The number of carbonyl (C=O) groups excluding carboxylic acids is 3. The standard InChI is InChI=1S/C25H24N4O5S.C2H6/c1-4-18(20-6-5-9-35-20)26-19-11-21(34-14(19)2)25(23(31)27-24(32)28-25)13-29-12-15-7-8-16(33-3)10-17(15)22(29)30;1-2/h5-11H,4,12-13H2,1-3H3,(H2,27,28,31,32);1-2H3/t25-;/m0./s1. The fourth-order valence-corrected chi connectivity index (χ4v) is 5.21. The van der Waals surface area contributed by atoms with Gasteiger partial charge in [-0.3, -0.25) is 14.9 Å². The second-order valence-corrected chi connectivity index (χ2v) is 9.39. The molecular formula is C27H30N4O5S. The van der Waals surface area contributed by atoms with E-state index in [-0.39, 0.29) is 18.2 Å². The highest BCUT2D eigenvalue weighted by molar-refractivity contribution is 7.12. The number of rotatable bonds is 7. The molecule has 2 aliphatic heterocycles. The van der Waals surface area contributed by atoms with Gasteiger partial charge >= 0.3 is 6.03 Å². The van der Waals surface area contributed by atoms with E-state index >= 15 is 0 Å². The molecule has 0 spiro atoms. The summed E-state index contributed by atoms with van der Waals surface area (Å²) in [7, 11) is 1.54. The van der Waals surface area contributed by atoms with Crippen LogP contribution in [0, 0.1) is 6.92 Å². The number of thiophene rings is 1. The van der Waals surface area contributed by atoms with E-state index in [0.717, 1.165) is 16.2 Å². The summed E-state index contributed by atoms with van der Waals surface area (Å²) in [5.74, 6) is 0.473. The zero-order valence-electron chi connectivity index (χ0n) is 21.5. The number of ether oxygens (including phenoxy) is 1. The molecule has 1 saturated heterocycles. The lowest BCUT2D eigenvalue weighted by Crippen LogP contribution is -2.52. The maximum atomic E-state index is 13.2. The number of imide groups is 1. The third-order valence-electron chi connectivity index (χ3n) is 6.27. The highest BCUT2D eigenvalue weighted by Crippen LogP contribution is 2.36. The number of hydrogen-bond donors (Lipinski definition) is 2. The Morgan fingerprint density at radius 1 is 1.22 bits per heavy atom. The molecule has 1 fully saturated rings. The van der Waals surface area contributed by atoms with Gasteiger partial charge in [-0.05, 0) is 42.5 Å². The van der Waals surface area contributed by atoms with Crippen LogP contribution in [0.1, 0.15) is 59.5 Å². The number of nitrogens with zero attached hydrogens (tertiary/aromatic N) is 2. The second-order valence-electron chi connectivity index (χ2n) is 8.44. The van der Waals surface area contributed by atoms with Crippen molar-refractivity contribution in [3.8, 4) is 5.75 Å². The van der Waals surface area contributed by atoms with E-state index in [1.165, 1.54) is 12.0 Å². The Hall–Kier alpha value is -3.92. The molecule has 2 N–H and O–H groups in total. The van der Waals surface area contributed by atoms with Crippen molar-refractivity contribution in [2.24, 2.45) is 4.99 Å². The summed E-state index contributed by atoms with van der Waals surface area (Å²) < 4.78 is 11.2. The highest BCUT2D eigenvalue weighted by atomic mass is 32.1. The number of furan rings is 1. The van der Waals surface area contributed by atoms with Gasteiger partial charge in [-0.2, -0.15) is 0 Å². The Morgan fingerprint density at radius 2 is 2.00 bits per heavy atom. The van der Waals surface area contributed by atoms with Crippen molar-refractivity contribution in [1.82, 2.24) is 15.5 Å². The van der Waals surface area contributed by atoms with Crippen LogP contribution in [0.4, 0.5) is 10.5 Å². The van der Waals surface area contributed by atoms with Crippen molar-refractivity contribution in [3.63, 3.8) is 0 Å². The molecule has 9 nitrogen and oxygen atoms in total. The lowest BCUT2D eigenvalue weighted by molar-refractivity contribution is -0.125. The molecule has 0 aliphatic carbocycles. The van der Waals surface area contributed by atoms with Crippen molar-refractivity contribution in [3.05, 3.63) is 69.3 Å². The normalized spacial score (nSPS) is 18.8. The molecule has 5 rings (SSSR count). The predicted octanol–water partition coefficient (Wildman–Crippen LogP) is 4.91. The summed E-state index contributed by atoms with van der Waals surface area (Å²) in [5.41, 5.74) is 1.21. The van der Waals surface area contributed by atoms with E-state index in [2.05, 4.69) is 10.6 Å². The van der Waals surface area contributed by atoms with Crippen LogP contribution in [-0.4, -0.2) is 42.1 Å². The fraction of sp³-hybridized carbons (Fsp3) is 0.333. The first kappa shape index (κ1) is 26.2. The molecule has 194 valence electrons. The van der Waals surface area contributed by atoms with Gasteiger partial charge in [-0.15, -0.1) is 11.3 Å². The Bertz CT molecular complexity index is 1360. The number of aliphatic imine (C=N–C) groups is 1. The summed E-state index contributed by atoms with van der Waals surface area (Å²) in [5, 5.41) is 6.99. The van der Waals surface area contributed by atoms with Crippen LogP contribution in [0.3, 0.4) is 0 Å². The monoisotopic (exact) mass is 522 g/mol. The van der Waals surface area contributed by atoms with Gasteiger partial charge in [0.1, 0.15) is 23.0 Å². The second kappa shape index (κ2) is 10.6. The molecule has 1 aromatic carbocycles. The van der Waals surface area contributed by atoms with Crippen LogP contribution < -0.4 is 15.4 Å². The van der Waals surface area contributed by atoms with Crippen molar-refractivity contribution in [2.75, 3.05) is 13.7 Å². The molecule has 2 aliphatic rings. The molecule has 0 bridgehead atoms. The van der Waals surface area contributed by atoms with E-state index in [0.29, 0.717) is 35.7 Å². The largest absolute Gasteiger partial charge is 0.497 e. The number of hydrogen-bond acceptors (Lipinski definition) is 7. The summed E-state index contributed by atoms with van der Waals surface area (Å²) in [4.78, 5) is 45.9. The SMILES string of the molecule is CC.CCC(=Nc1cc([C@]2(CN3Cc4ccc(OC)cc4C3=O)NC(=O)NC2=O)oc1C)c1cccs1. The Kier molecular flexibility index (Phi) is 7.49. The van der Waals surface area contributed by atoms with Gasteiger partial charge in [0, 0.05) is 23.1 Å². The van der Waals surface area contributed by atoms with Crippen LogP contribution in [-0.2, 0) is 16.9 Å². The first-order valence-corrected chi connectivity index (χ1v) is 13.0. The van der Waals surface area contributed by atoms with Crippen LogP contribution in [0.25, 0.3) is 0 Å². The van der Waals surface area contributed by atoms with E-state index in [9.17, 15) is 14.4 Å². The predicted molar refractivity (Wildman–Crippen MR) is 142 cm³/mol. The maximum Gasteiger partial charge on any atom is 0.322 e. The lowest BCUT2D eigenvalue weighted by atomic mass is 9.95. The quantitative estimate of drug-likeness (QED) is 0.338. The topological polar surface area (TPSA) is 113 Å². The molecule has 2 aromatic heterocycles. The van der Waals surface area contributed by atoms with E-state index in [4.69, 9.17) is 14.1 Å². The Balaban J connectivity index is 0.00000156. The van der Waals surface area contributed by atoms with Gasteiger partial charge in [0.25, 0.3) is 11.8 Å². The zero-order valence-corrected chi connectivity index (χ0v) is 22.3. The molecule has 0 radical (unpaired) electrons. The maximum absolute atomic E-state index is 13.2. The molecule has 4 amide bonds. The summed E-state index contributed by atoms with van der Waals surface area (Å²) >= 11 is 1.60. The molecule has 10 heteroatoms. The summed E-state index contributed by atoms with van der Waals surface area (Å²) in [6, 6.07) is 10.3. The number of nitrogens with one attached hydrogen (secondary N) is 2. The van der Waals surface area contributed by atoms with Gasteiger partial charge in [-0.25, -0.2) is 9.79 Å². The molecular weight excluding hydrogens is 492 g/mol. The van der Waals surface area contributed by atoms with Crippen molar-refractivity contribution in [1.29, 1.82) is 0 Å². The minimum absolute atomic E-state index is 0.0952. The highest BCUT2D eigenvalue weighted by Gasteiger charge is 2.53. The van der Waals surface area contributed by atoms with Gasteiger partial charge in [-0.1, -0.05) is 32.9 Å². The molecule has 0 saturated carbocycles. The van der Waals surface area contributed by atoms with Gasteiger partial charge in [0.05, 0.1) is 19.4 Å². The Labute approximate surface area is 219 Å². The molecule has 37 heavy (non-hydrogen) atoms. The minimum atomic E-state index is -1.58. The smallest absolute Gasteiger partial charge is 0.322 e. The third-order valence-corrected chi connectivity index (χ3v) is 7.19. The number of urea groups is 1. The third kappa shape index (κ3) is 4.76. The van der Waals surface area contributed by atoms with E-state index in [1.807, 2.05) is 44.4 Å². The summed E-state index contributed by atoms with van der Waals surface area (Å²) in [6.45, 7) is 7.98. The number of amides is 4. The molecule has 0 unspecified atom stereocenters. The zero-order chi connectivity index (χ0) is 26.7. The molecule has 4 heterocycles. The van der Waals surface area contributed by atoms with Crippen LogP contribution in [0.5, 0.6) is 5.75 Å². The van der Waals surface area contributed by atoms with E-state index < -0.39 is 17.5 Å². The fourth-order valence-electron chi connectivity index (χ4n) is 4.43. The lowest BCUT2D eigenvalue weighted by Gasteiger charge is -2.29. The van der Waals surface area contributed by atoms with Crippen LogP contribution >= 0.6 is 11.3 Å². The van der Waals surface area contributed by atoms with E-state index in [1.54, 1.807) is 36.5 Å².